The highest BCUT2D eigenvalue weighted by molar-refractivity contribution is 5.78. The third-order valence-electron chi connectivity index (χ3n) is 7.76. The van der Waals surface area contributed by atoms with E-state index in [1.807, 2.05) is 28.9 Å². The molecule has 2 heterocycles. The zero-order valence-corrected chi connectivity index (χ0v) is 20.8. The Morgan fingerprint density at radius 3 is 2.43 bits per heavy atom. The molecule has 2 fully saturated rings. The lowest BCUT2D eigenvalue weighted by Gasteiger charge is -2.51. The van der Waals surface area contributed by atoms with E-state index in [2.05, 4.69) is 58.5 Å². The van der Waals surface area contributed by atoms with Gasteiger partial charge in [0.1, 0.15) is 6.07 Å². The van der Waals surface area contributed by atoms with Gasteiger partial charge >= 0.3 is 0 Å². The second-order valence-electron chi connectivity index (χ2n) is 9.85. The van der Waals surface area contributed by atoms with Gasteiger partial charge < -0.3 is 15.3 Å². The minimum atomic E-state index is -0.984. The number of carbonyl (C=O) groups excluding carboxylic acids is 1. The molecular weight excluding hydrogens is 442 g/mol. The van der Waals surface area contributed by atoms with Crippen LogP contribution in [-0.2, 0) is 10.3 Å². The summed E-state index contributed by atoms with van der Waals surface area (Å²) in [6.45, 7) is 3.31. The number of aliphatic hydroxyl groups excluding tert-OH is 1. The van der Waals surface area contributed by atoms with E-state index in [0.29, 0.717) is 18.8 Å². The van der Waals surface area contributed by atoms with Crippen molar-refractivity contribution in [2.24, 2.45) is 0 Å². The maximum atomic E-state index is 12.8. The first-order valence-electron chi connectivity index (χ1n) is 12.3. The average molecular weight is 478 g/mol. The van der Waals surface area contributed by atoms with Crippen LogP contribution < -0.4 is 10.2 Å². The molecule has 1 amide bonds. The number of carbonyl (C=O) groups is 1. The summed E-state index contributed by atoms with van der Waals surface area (Å²) in [4.78, 5) is 27.0. The smallest absolute Gasteiger partial charge is 0.234 e. The third-order valence-corrected chi connectivity index (χ3v) is 7.76. The Morgan fingerprint density at radius 2 is 1.86 bits per heavy atom. The number of rotatable bonds is 7. The quantitative estimate of drug-likeness (QED) is 0.624. The first-order chi connectivity index (χ1) is 16.8. The van der Waals surface area contributed by atoms with Crippen LogP contribution in [0.2, 0.25) is 0 Å². The Morgan fingerprint density at radius 1 is 1.20 bits per heavy atom. The van der Waals surface area contributed by atoms with Crippen molar-refractivity contribution in [2.45, 2.75) is 56.5 Å². The van der Waals surface area contributed by atoms with Gasteiger partial charge in [-0.25, -0.2) is 14.9 Å². The number of nitriles is 1. The fraction of sp³-hybridized carbons (Fsp3) is 0.538. The van der Waals surface area contributed by atoms with Gasteiger partial charge in [0, 0.05) is 24.2 Å². The number of benzene rings is 1. The van der Waals surface area contributed by atoms with Crippen molar-refractivity contribution in [3.63, 3.8) is 0 Å². The molecule has 1 spiro atoms. The monoisotopic (exact) mass is 477 g/mol. The van der Waals surface area contributed by atoms with Crippen LogP contribution in [-0.4, -0.2) is 76.4 Å². The molecule has 1 aromatic carbocycles. The number of nitrogens with one attached hydrogen (secondary N) is 1. The molecule has 1 unspecified atom stereocenters. The maximum Gasteiger partial charge on any atom is 0.234 e. The molecule has 2 aromatic rings. The van der Waals surface area contributed by atoms with Crippen LogP contribution in [0.5, 0.6) is 0 Å². The van der Waals surface area contributed by atoms with Crippen molar-refractivity contribution in [3.05, 3.63) is 54.1 Å². The zero-order chi connectivity index (χ0) is 25.1. The maximum absolute atomic E-state index is 12.8. The molecule has 2 aliphatic rings. The van der Waals surface area contributed by atoms with Gasteiger partial charge in [-0.2, -0.15) is 5.26 Å². The number of aliphatic hydroxyl groups is 1. The number of amides is 1. The molecule has 9 heteroatoms. The number of hydrogen-bond donors (Lipinski definition) is 2. The van der Waals surface area contributed by atoms with E-state index in [-0.39, 0.29) is 29.4 Å². The van der Waals surface area contributed by atoms with E-state index in [1.54, 1.807) is 12.4 Å². The molecule has 0 radical (unpaired) electrons. The highest BCUT2D eigenvalue weighted by atomic mass is 16.3. The molecule has 4 rings (SSSR count). The Labute approximate surface area is 207 Å². The predicted octanol–water partition coefficient (Wildman–Crippen LogP) is 2.04. The SMILES string of the molecule is CCCNC(=O)CN1C(O)N(c2cnc(C#N)nc2)CC12CCC(c1ccccc1)(N(C)C)CC2. The molecule has 1 saturated heterocycles. The van der Waals surface area contributed by atoms with Gasteiger partial charge in [0.2, 0.25) is 11.7 Å². The van der Waals surface area contributed by atoms with Crippen molar-refractivity contribution >= 4 is 11.6 Å². The van der Waals surface area contributed by atoms with E-state index >= 15 is 0 Å². The standard InChI is InChI=1S/C26H35N7O2/c1-4-14-28-23(34)18-33-24(35)32(21-16-29-22(15-27)30-17-21)19-25(33)10-12-26(13-11-25,31(2)3)20-8-6-5-7-9-20/h5-9,16-17,24,35H,4,10-14,18-19H2,1-3H3,(H,28,34). The summed E-state index contributed by atoms with van der Waals surface area (Å²) >= 11 is 0. The lowest BCUT2D eigenvalue weighted by molar-refractivity contribution is -0.128. The normalized spacial score (nSPS) is 26.7. The summed E-state index contributed by atoms with van der Waals surface area (Å²) < 4.78 is 0. The predicted molar refractivity (Wildman–Crippen MR) is 133 cm³/mol. The Balaban J connectivity index is 1.63. The summed E-state index contributed by atoms with van der Waals surface area (Å²) in [7, 11) is 4.26. The Kier molecular flexibility index (Phi) is 7.36. The molecule has 0 bridgehead atoms. The Hall–Kier alpha value is -3.06. The van der Waals surface area contributed by atoms with Crippen LogP contribution in [0.4, 0.5) is 5.69 Å². The fourth-order valence-electron chi connectivity index (χ4n) is 5.70. The van der Waals surface area contributed by atoms with Gasteiger partial charge in [-0.3, -0.25) is 9.69 Å². The molecule has 2 N–H and O–H groups in total. The average Bonchev–Trinajstić information content (AvgIpc) is 3.14. The number of nitrogens with zero attached hydrogens (tertiary/aromatic N) is 6. The van der Waals surface area contributed by atoms with Crippen molar-refractivity contribution in [2.75, 3.05) is 38.6 Å². The van der Waals surface area contributed by atoms with Gasteiger partial charge in [0.25, 0.3) is 0 Å². The third kappa shape index (κ3) is 4.74. The van der Waals surface area contributed by atoms with E-state index < -0.39 is 6.35 Å². The second-order valence-corrected chi connectivity index (χ2v) is 9.85. The van der Waals surface area contributed by atoms with Crippen LogP contribution >= 0.6 is 0 Å². The van der Waals surface area contributed by atoms with Crippen LogP contribution in [0.3, 0.4) is 0 Å². The van der Waals surface area contributed by atoms with Crippen LogP contribution in [0.25, 0.3) is 0 Å². The van der Waals surface area contributed by atoms with Crippen LogP contribution in [0.15, 0.2) is 42.7 Å². The highest BCUT2D eigenvalue weighted by Crippen LogP contribution is 2.49. The number of hydrogen-bond acceptors (Lipinski definition) is 8. The van der Waals surface area contributed by atoms with Gasteiger partial charge in [0.15, 0.2) is 6.35 Å². The van der Waals surface area contributed by atoms with E-state index in [0.717, 1.165) is 32.1 Å². The van der Waals surface area contributed by atoms with Crippen molar-refractivity contribution < 1.29 is 9.90 Å². The van der Waals surface area contributed by atoms with Crippen LogP contribution in [0.1, 0.15) is 50.4 Å². The molecule has 186 valence electrons. The van der Waals surface area contributed by atoms with E-state index in [4.69, 9.17) is 5.26 Å². The summed E-state index contributed by atoms with van der Waals surface area (Å²) in [5, 5.41) is 23.4. The summed E-state index contributed by atoms with van der Waals surface area (Å²) in [6, 6.07) is 12.5. The van der Waals surface area contributed by atoms with Crippen molar-refractivity contribution in [3.8, 4) is 6.07 Å². The minimum Gasteiger partial charge on any atom is -0.361 e. The van der Waals surface area contributed by atoms with Crippen LogP contribution in [0, 0.1) is 11.3 Å². The van der Waals surface area contributed by atoms with Gasteiger partial charge in [0.05, 0.1) is 24.6 Å². The molecule has 1 saturated carbocycles. The fourth-order valence-corrected chi connectivity index (χ4v) is 5.70. The lowest BCUT2D eigenvalue weighted by Crippen LogP contribution is -2.58. The molecule has 35 heavy (non-hydrogen) atoms. The number of anilines is 1. The number of aromatic nitrogens is 2. The molecule has 1 atom stereocenters. The molecular formula is C26H35N7O2. The van der Waals surface area contributed by atoms with Crippen molar-refractivity contribution in [1.29, 1.82) is 5.26 Å². The zero-order valence-electron chi connectivity index (χ0n) is 20.8. The first-order valence-corrected chi connectivity index (χ1v) is 12.3. The molecule has 1 aliphatic heterocycles. The van der Waals surface area contributed by atoms with Gasteiger partial charge in [-0.05, 0) is 51.8 Å². The first kappa shape index (κ1) is 25.0. The topological polar surface area (TPSA) is 109 Å². The molecule has 1 aromatic heterocycles. The van der Waals surface area contributed by atoms with Crippen molar-refractivity contribution in [1.82, 2.24) is 25.1 Å². The lowest BCUT2D eigenvalue weighted by atomic mass is 9.68. The van der Waals surface area contributed by atoms with Gasteiger partial charge in [-0.15, -0.1) is 0 Å². The van der Waals surface area contributed by atoms with Gasteiger partial charge in [-0.1, -0.05) is 37.3 Å². The summed E-state index contributed by atoms with van der Waals surface area (Å²) in [5.41, 5.74) is 1.46. The molecule has 9 nitrogen and oxygen atoms in total. The summed E-state index contributed by atoms with van der Waals surface area (Å²) in [5.74, 6) is -0.0000438. The van der Waals surface area contributed by atoms with E-state index in [9.17, 15) is 9.90 Å². The highest BCUT2D eigenvalue weighted by Gasteiger charge is 2.55. The largest absolute Gasteiger partial charge is 0.361 e. The second kappa shape index (κ2) is 10.3. The minimum absolute atomic E-state index is 0.0873. The molecule has 1 aliphatic carbocycles. The Bertz CT molecular complexity index is 1040. The summed E-state index contributed by atoms with van der Waals surface area (Å²) in [6.07, 6.45) is 6.47. The van der Waals surface area contributed by atoms with E-state index in [1.165, 1.54) is 5.56 Å².